The van der Waals surface area contributed by atoms with Gasteiger partial charge in [-0.2, -0.15) is 0 Å². The van der Waals surface area contributed by atoms with Crippen molar-refractivity contribution in [3.63, 3.8) is 0 Å². The summed E-state index contributed by atoms with van der Waals surface area (Å²) in [6.07, 6.45) is 1.79. The molecule has 0 aliphatic heterocycles. The van der Waals surface area contributed by atoms with Gasteiger partial charge in [0.25, 0.3) is 5.91 Å². The van der Waals surface area contributed by atoms with Crippen LogP contribution in [0.2, 0.25) is 0 Å². The van der Waals surface area contributed by atoms with Gasteiger partial charge >= 0.3 is 0 Å². The monoisotopic (exact) mass is 256 g/mol. The summed E-state index contributed by atoms with van der Waals surface area (Å²) < 4.78 is 5.03. The minimum Gasteiger partial charge on any atom is -0.361 e. The lowest BCUT2D eigenvalue weighted by molar-refractivity contribution is 0.0936. The molecule has 1 amide bonds. The third-order valence-electron chi connectivity index (χ3n) is 3.65. The molecule has 0 bridgehead atoms. The lowest BCUT2D eigenvalue weighted by Crippen LogP contribution is -2.35. The van der Waals surface area contributed by atoms with Crippen LogP contribution in [0.25, 0.3) is 0 Å². The van der Waals surface area contributed by atoms with Gasteiger partial charge in [0.2, 0.25) is 0 Å². The number of nitrogens with zero attached hydrogens (tertiary/aromatic N) is 1. The second kappa shape index (κ2) is 4.53. The summed E-state index contributed by atoms with van der Waals surface area (Å²) in [6, 6.07) is 8.49. The normalized spacial score (nSPS) is 14.4. The van der Waals surface area contributed by atoms with E-state index in [1.165, 1.54) is 11.1 Å². The van der Waals surface area contributed by atoms with Crippen molar-refractivity contribution in [1.82, 2.24) is 10.5 Å². The second-order valence-corrected chi connectivity index (χ2v) is 5.05. The molecule has 0 fully saturated rings. The van der Waals surface area contributed by atoms with Crippen LogP contribution < -0.4 is 5.32 Å². The van der Waals surface area contributed by atoms with Crippen LogP contribution in [0.4, 0.5) is 0 Å². The maximum Gasteiger partial charge on any atom is 0.257 e. The molecular weight excluding hydrogens is 240 g/mol. The van der Waals surface area contributed by atoms with E-state index in [4.69, 9.17) is 4.52 Å². The number of fused-ring (bicyclic) bond motifs is 1. The van der Waals surface area contributed by atoms with Crippen LogP contribution in [0.15, 0.2) is 28.8 Å². The number of aryl methyl sites for hydroxylation is 2. The van der Waals surface area contributed by atoms with Gasteiger partial charge in [-0.25, -0.2) is 0 Å². The molecule has 1 heterocycles. The lowest BCUT2D eigenvalue weighted by atomic mass is 10.1. The van der Waals surface area contributed by atoms with Gasteiger partial charge in [-0.15, -0.1) is 0 Å². The molecule has 0 spiro atoms. The van der Waals surface area contributed by atoms with Gasteiger partial charge in [0.1, 0.15) is 11.3 Å². The van der Waals surface area contributed by atoms with Crippen LogP contribution in [0.3, 0.4) is 0 Å². The van der Waals surface area contributed by atoms with Crippen LogP contribution in [0.5, 0.6) is 0 Å². The second-order valence-electron chi connectivity index (χ2n) is 5.05. The van der Waals surface area contributed by atoms with Gasteiger partial charge in [0.05, 0.1) is 5.69 Å². The molecule has 19 heavy (non-hydrogen) atoms. The molecule has 1 aromatic heterocycles. The van der Waals surface area contributed by atoms with Crippen LogP contribution >= 0.6 is 0 Å². The Morgan fingerprint density at radius 1 is 1.26 bits per heavy atom. The quantitative estimate of drug-likeness (QED) is 0.896. The van der Waals surface area contributed by atoms with Crippen molar-refractivity contribution in [2.24, 2.45) is 0 Å². The summed E-state index contributed by atoms with van der Waals surface area (Å²) in [6.45, 7) is 3.55. The standard InChI is InChI=1S/C15H16N2O2/c1-9-14(10(2)19-17-9)15(18)16-13-7-11-5-3-4-6-12(11)8-13/h3-6,13H,7-8H2,1-2H3,(H,16,18). The first-order valence-electron chi connectivity index (χ1n) is 6.45. The highest BCUT2D eigenvalue weighted by Gasteiger charge is 2.25. The number of carbonyl (C=O) groups is 1. The van der Waals surface area contributed by atoms with Crippen LogP contribution in [-0.4, -0.2) is 17.1 Å². The number of nitrogens with one attached hydrogen (secondary N) is 1. The summed E-state index contributed by atoms with van der Waals surface area (Å²) in [5, 5.41) is 6.89. The fraction of sp³-hybridized carbons (Fsp3) is 0.333. The predicted octanol–water partition coefficient (Wildman–Crippen LogP) is 2.19. The van der Waals surface area contributed by atoms with Crippen molar-refractivity contribution in [2.75, 3.05) is 0 Å². The first kappa shape index (κ1) is 12.0. The van der Waals surface area contributed by atoms with E-state index in [1.807, 2.05) is 12.1 Å². The van der Waals surface area contributed by atoms with Gasteiger partial charge < -0.3 is 9.84 Å². The molecular formula is C15H16N2O2. The van der Waals surface area contributed by atoms with Gasteiger partial charge in [-0.1, -0.05) is 29.4 Å². The van der Waals surface area contributed by atoms with Crippen LogP contribution in [0.1, 0.15) is 32.9 Å². The fourth-order valence-electron chi connectivity index (χ4n) is 2.73. The summed E-state index contributed by atoms with van der Waals surface area (Å²) in [4.78, 5) is 12.2. The van der Waals surface area contributed by atoms with Crippen molar-refractivity contribution < 1.29 is 9.32 Å². The molecule has 4 heteroatoms. The number of rotatable bonds is 2. The average Bonchev–Trinajstić information content (AvgIpc) is 2.92. The summed E-state index contributed by atoms with van der Waals surface area (Å²) in [5.41, 5.74) is 3.86. The van der Waals surface area contributed by atoms with E-state index < -0.39 is 0 Å². The SMILES string of the molecule is Cc1noc(C)c1C(=O)NC1Cc2ccccc2C1. The Hall–Kier alpha value is -2.10. The average molecular weight is 256 g/mol. The van der Waals surface area contributed by atoms with Crippen molar-refractivity contribution in [2.45, 2.75) is 32.7 Å². The molecule has 0 atom stereocenters. The zero-order valence-electron chi connectivity index (χ0n) is 11.1. The minimum absolute atomic E-state index is 0.0888. The Morgan fingerprint density at radius 3 is 2.42 bits per heavy atom. The molecule has 2 aromatic rings. The third-order valence-corrected chi connectivity index (χ3v) is 3.65. The molecule has 1 aromatic carbocycles. The third kappa shape index (κ3) is 2.14. The summed E-state index contributed by atoms with van der Waals surface area (Å²) in [7, 11) is 0. The van der Waals surface area contributed by atoms with Crippen molar-refractivity contribution >= 4 is 5.91 Å². The van der Waals surface area contributed by atoms with Crippen molar-refractivity contribution in [1.29, 1.82) is 0 Å². The Bertz CT molecular complexity index is 586. The van der Waals surface area contributed by atoms with E-state index in [0.717, 1.165) is 12.8 Å². The molecule has 3 rings (SSSR count). The first-order valence-corrected chi connectivity index (χ1v) is 6.45. The molecule has 1 aliphatic rings. The van der Waals surface area contributed by atoms with Crippen LogP contribution in [0, 0.1) is 13.8 Å². The predicted molar refractivity (Wildman–Crippen MR) is 71.1 cm³/mol. The summed E-state index contributed by atoms with van der Waals surface area (Å²) in [5.74, 6) is 0.486. The molecule has 0 saturated carbocycles. The Morgan fingerprint density at radius 2 is 1.89 bits per heavy atom. The molecule has 0 saturated heterocycles. The Labute approximate surface area is 111 Å². The van der Waals surface area contributed by atoms with Gasteiger partial charge in [-0.05, 0) is 37.8 Å². The fourth-order valence-corrected chi connectivity index (χ4v) is 2.73. The largest absolute Gasteiger partial charge is 0.361 e. The molecule has 1 aliphatic carbocycles. The highest BCUT2D eigenvalue weighted by atomic mass is 16.5. The summed E-state index contributed by atoms with van der Waals surface area (Å²) >= 11 is 0. The maximum atomic E-state index is 12.2. The molecule has 4 nitrogen and oxygen atoms in total. The number of hydrogen-bond acceptors (Lipinski definition) is 3. The Kier molecular flexibility index (Phi) is 2.85. The van der Waals surface area contributed by atoms with Crippen molar-refractivity contribution in [3.05, 3.63) is 52.4 Å². The van der Waals surface area contributed by atoms with E-state index in [-0.39, 0.29) is 11.9 Å². The highest BCUT2D eigenvalue weighted by Crippen LogP contribution is 2.22. The highest BCUT2D eigenvalue weighted by molar-refractivity contribution is 5.96. The number of amides is 1. The zero-order chi connectivity index (χ0) is 13.4. The van der Waals surface area contributed by atoms with E-state index in [1.54, 1.807) is 13.8 Å². The van der Waals surface area contributed by atoms with Gasteiger partial charge in [0.15, 0.2) is 0 Å². The molecule has 1 N–H and O–H groups in total. The topological polar surface area (TPSA) is 55.1 Å². The number of benzene rings is 1. The Balaban J connectivity index is 1.73. The molecule has 0 radical (unpaired) electrons. The zero-order valence-corrected chi connectivity index (χ0v) is 11.1. The molecule has 98 valence electrons. The number of aromatic nitrogens is 1. The van der Waals surface area contributed by atoms with E-state index in [2.05, 4.69) is 22.6 Å². The van der Waals surface area contributed by atoms with E-state index >= 15 is 0 Å². The number of hydrogen-bond donors (Lipinski definition) is 1. The van der Waals surface area contributed by atoms with Crippen LogP contribution in [-0.2, 0) is 12.8 Å². The minimum atomic E-state index is -0.0888. The van der Waals surface area contributed by atoms with Gasteiger partial charge in [0, 0.05) is 6.04 Å². The lowest BCUT2D eigenvalue weighted by Gasteiger charge is -2.11. The van der Waals surface area contributed by atoms with E-state index in [9.17, 15) is 4.79 Å². The molecule has 0 unspecified atom stereocenters. The maximum absolute atomic E-state index is 12.2. The van der Waals surface area contributed by atoms with E-state index in [0.29, 0.717) is 17.0 Å². The van der Waals surface area contributed by atoms with Gasteiger partial charge in [-0.3, -0.25) is 4.79 Å². The number of carbonyl (C=O) groups excluding carboxylic acids is 1. The smallest absolute Gasteiger partial charge is 0.257 e. The van der Waals surface area contributed by atoms with Crippen molar-refractivity contribution in [3.8, 4) is 0 Å². The first-order chi connectivity index (χ1) is 9.15.